The van der Waals surface area contributed by atoms with Crippen molar-refractivity contribution in [3.05, 3.63) is 42.5 Å². The highest BCUT2D eigenvalue weighted by molar-refractivity contribution is 8.00. The quantitative estimate of drug-likeness (QED) is 0.799. The standard InChI is InChI=1S/C14H17NO2S/c1-2-7-15(10-14(16)17)9-12-8-11-5-3-4-6-13(11)18-12/h2-6,12H,1,7-10H2,(H,16,17). The summed E-state index contributed by atoms with van der Waals surface area (Å²) in [5.41, 5.74) is 1.38. The van der Waals surface area contributed by atoms with E-state index in [-0.39, 0.29) is 6.54 Å². The molecule has 4 heteroatoms. The van der Waals surface area contributed by atoms with Crippen LogP contribution in [-0.4, -0.2) is 40.9 Å². The maximum absolute atomic E-state index is 10.8. The topological polar surface area (TPSA) is 40.5 Å². The summed E-state index contributed by atoms with van der Waals surface area (Å²) in [7, 11) is 0. The Kier molecular flexibility index (Phi) is 4.44. The van der Waals surface area contributed by atoms with Gasteiger partial charge in [0.05, 0.1) is 6.54 Å². The van der Waals surface area contributed by atoms with Crippen LogP contribution in [0.4, 0.5) is 0 Å². The van der Waals surface area contributed by atoms with Crippen molar-refractivity contribution in [3.63, 3.8) is 0 Å². The van der Waals surface area contributed by atoms with Gasteiger partial charge in [-0.05, 0) is 18.1 Å². The van der Waals surface area contributed by atoms with Crippen molar-refractivity contribution in [1.82, 2.24) is 4.90 Å². The number of hydrogen-bond donors (Lipinski definition) is 1. The molecule has 0 aliphatic carbocycles. The molecule has 0 aromatic heterocycles. The van der Waals surface area contributed by atoms with Crippen LogP contribution in [0.2, 0.25) is 0 Å². The van der Waals surface area contributed by atoms with Gasteiger partial charge in [-0.25, -0.2) is 0 Å². The largest absolute Gasteiger partial charge is 0.480 e. The third kappa shape index (κ3) is 3.37. The van der Waals surface area contributed by atoms with Crippen LogP contribution in [0.15, 0.2) is 41.8 Å². The van der Waals surface area contributed by atoms with E-state index >= 15 is 0 Å². The lowest BCUT2D eigenvalue weighted by atomic mass is 10.1. The van der Waals surface area contributed by atoms with E-state index in [1.54, 1.807) is 6.08 Å². The van der Waals surface area contributed by atoms with Gasteiger partial charge in [-0.3, -0.25) is 9.69 Å². The number of benzene rings is 1. The fraction of sp³-hybridized carbons (Fsp3) is 0.357. The molecule has 0 saturated heterocycles. The monoisotopic (exact) mass is 263 g/mol. The van der Waals surface area contributed by atoms with Crippen molar-refractivity contribution < 1.29 is 9.90 Å². The molecule has 1 aromatic carbocycles. The summed E-state index contributed by atoms with van der Waals surface area (Å²) in [5, 5.41) is 9.32. The molecule has 1 unspecified atom stereocenters. The first-order valence-electron chi connectivity index (χ1n) is 5.98. The van der Waals surface area contributed by atoms with Crippen LogP contribution in [0.5, 0.6) is 0 Å². The van der Waals surface area contributed by atoms with Crippen LogP contribution < -0.4 is 0 Å². The Morgan fingerprint density at radius 3 is 3.00 bits per heavy atom. The zero-order chi connectivity index (χ0) is 13.0. The Labute approximate surface area is 111 Å². The normalized spacial score (nSPS) is 17.7. The highest BCUT2D eigenvalue weighted by Crippen LogP contribution is 2.36. The summed E-state index contributed by atoms with van der Waals surface area (Å²) in [5.74, 6) is -0.780. The molecule has 1 aliphatic rings. The van der Waals surface area contributed by atoms with Gasteiger partial charge in [0.25, 0.3) is 0 Å². The zero-order valence-corrected chi connectivity index (χ0v) is 11.0. The molecule has 0 spiro atoms. The van der Waals surface area contributed by atoms with Crippen LogP contribution >= 0.6 is 11.8 Å². The molecular weight excluding hydrogens is 246 g/mol. The van der Waals surface area contributed by atoms with Crippen LogP contribution in [0.3, 0.4) is 0 Å². The first kappa shape index (κ1) is 13.2. The first-order chi connectivity index (χ1) is 8.69. The molecule has 0 fully saturated rings. The third-order valence-electron chi connectivity index (χ3n) is 2.92. The van der Waals surface area contributed by atoms with Gasteiger partial charge in [0.15, 0.2) is 0 Å². The number of aliphatic carboxylic acids is 1. The van der Waals surface area contributed by atoms with Gasteiger partial charge in [-0.1, -0.05) is 24.3 Å². The Bertz CT molecular complexity index is 422. The molecule has 1 atom stereocenters. The van der Waals surface area contributed by atoms with Crippen molar-refractivity contribution in [3.8, 4) is 0 Å². The number of nitrogens with zero attached hydrogens (tertiary/aromatic N) is 1. The molecule has 1 aliphatic heterocycles. The molecule has 1 N–H and O–H groups in total. The second kappa shape index (κ2) is 6.07. The van der Waals surface area contributed by atoms with E-state index in [4.69, 9.17) is 5.11 Å². The van der Waals surface area contributed by atoms with Crippen molar-refractivity contribution in [2.24, 2.45) is 0 Å². The van der Waals surface area contributed by atoms with Gasteiger partial charge < -0.3 is 5.11 Å². The lowest BCUT2D eigenvalue weighted by Crippen LogP contribution is -2.35. The number of fused-ring (bicyclic) bond motifs is 1. The summed E-state index contributed by atoms with van der Waals surface area (Å²) in [6.45, 7) is 5.18. The first-order valence-corrected chi connectivity index (χ1v) is 6.86. The molecule has 1 heterocycles. The Balaban J connectivity index is 1.94. The van der Waals surface area contributed by atoms with Crippen molar-refractivity contribution >= 4 is 17.7 Å². The lowest BCUT2D eigenvalue weighted by Gasteiger charge is -2.21. The molecule has 3 nitrogen and oxygen atoms in total. The van der Waals surface area contributed by atoms with Crippen LogP contribution in [0.25, 0.3) is 0 Å². The number of carboxylic acid groups (broad SMARTS) is 1. The lowest BCUT2D eigenvalue weighted by molar-refractivity contribution is -0.138. The molecule has 0 saturated carbocycles. The Hall–Kier alpha value is -1.26. The van der Waals surface area contributed by atoms with Gasteiger partial charge in [0.1, 0.15) is 0 Å². The molecule has 0 bridgehead atoms. The molecule has 18 heavy (non-hydrogen) atoms. The Morgan fingerprint density at radius 2 is 2.33 bits per heavy atom. The molecule has 96 valence electrons. The highest BCUT2D eigenvalue weighted by atomic mass is 32.2. The molecular formula is C14H17NO2S. The maximum atomic E-state index is 10.8. The van der Waals surface area contributed by atoms with Crippen LogP contribution in [-0.2, 0) is 11.2 Å². The van der Waals surface area contributed by atoms with Crippen molar-refractivity contribution in [2.45, 2.75) is 16.6 Å². The predicted molar refractivity (Wildman–Crippen MR) is 74.1 cm³/mol. The van der Waals surface area contributed by atoms with Gasteiger partial charge in [0.2, 0.25) is 0 Å². The fourth-order valence-corrected chi connectivity index (χ4v) is 3.59. The minimum absolute atomic E-state index is 0.0828. The molecule has 2 rings (SSSR count). The second-order valence-electron chi connectivity index (χ2n) is 4.43. The van der Waals surface area contributed by atoms with Crippen LogP contribution in [0, 0.1) is 0 Å². The van der Waals surface area contributed by atoms with Gasteiger partial charge in [0, 0.05) is 23.2 Å². The Morgan fingerprint density at radius 1 is 1.56 bits per heavy atom. The zero-order valence-electron chi connectivity index (χ0n) is 10.2. The van der Waals surface area contributed by atoms with E-state index < -0.39 is 5.97 Å². The summed E-state index contributed by atoms with van der Waals surface area (Å²) in [4.78, 5) is 14.1. The predicted octanol–water partition coefficient (Wildman–Crippen LogP) is 2.28. The minimum atomic E-state index is -0.780. The van der Waals surface area contributed by atoms with E-state index in [1.807, 2.05) is 22.7 Å². The van der Waals surface area contributed by atoms with Gasteiger partial charge >= 0.3 is 5.97 Å². The second-order valence-corrected chi connectivity index (χ2v) is 5.77. The average Bonchev–Trinajstić information content (AvgIpc) is 2.70. The maximum Gasteiger partial charge on any atom is 0.317 e. The number of thioether (sulfide) groups is 1. The van der Waals surface area contributed by atoms with E-state index in [2.05, 4.69) is 24.8 Å². The van der Waals surface area contributed by atoms with Crippen molar-refractivity contribution in [2.75, 3.05) is 19.6 Å². The van der Waals surface area contributed by atoms with E-state index in [0.717, 1.165) is 13.0 Å². The van der Waals surface area contributed by atoms with E-state index in [0.29, 0.717) is 11.8 Å². The van der Waals surface area contributed by atoms with Crippen LogP contribution in [0.1, 0.15) is 5.56 Å². The van der Waals surface area contributed by atoms with E-state index in [9.17, 15) is 4.79 Å². The van der Waals surface area contributed by atoms with Crippen molar-refractivity contribution in [1.29, 1.82) is 0 Å². The SMILES string of the molecule is C=CCN(CC(=O)O)CC1Cc2ccccc2S1. The number of carboxylic acids is 1. The molecule has 0 radical (unpaired) electrons. The summed E-state index contributed by atoms with van der Waals surface area (Å²) in [6, 6.07) is 8.39. The number of hydrogen-bond acceptors (Lipinski definition) is 3. The summed E-state index contributed by atoms with van der Waals surface area (Å²) >= 11 is 1.85. The third-order valence-corrected chi connectivity index (χ3v) is 4.22. The average molecular weight is 263 g/mol. The molecule has 0 amide bonds. The minimum Gasteiger partial charge on any atom is -0.480 e. The highest BCUT2D eigenvalue weighted by Gasteiger charge is 2.24. The van der Waals surface area contributed by atoms with Gasteiger partial charge in [-0.2, -0.15) is 0 Å². The smallest absolute Gasteiger partial charge is 0.317 e. The number of carbonyl (C=O) groups is 1. The number of rotatable bonds is 6. The summed E-state index contributed by atoms with van der Waals surface area (Å²) in [6.07, 6.45) is 2.78. The van der Waals surface area contributed by atoms with E-state index in [1.165, 1.54) is 10.5 Å². The summed E-state index contributed by atoms with van der Waals surface area (Å²) < 4.78 is 0. The fourth-order valence-electron chi connectivity index (χ4n) is 2.22. The van der Waals surface area contributed by atoms with Gasteiger partial charge in [-0.15, -0.1) is 18.3 Å². The molecule has 1 aromatic rings.